The second-order valence-corrected chi connectivity index (χ2v) is 9.14. The summed E-state index contributed by atoms with van der Waals surface area (Å²) in [6.07, 6.45) is 1.93. The van der Waals surface area contributed by atoms with Crippen LogP contribution in [-0.4, -0.2) is 77.6 Å². The van der Waals surface area contributed by atoms with Crippen LogP contribution in [0.1, 0.15) is 34.6 Å². The van der Waals surface area contributed by atoms with E-state index in [9.17, 15) is 14.7 Å². The standard InChI is InChI=1S/C22H30N4O4S/c1-16-19(20(28)25(2)3)31-21(23-16)24-18(27)14-26-12-7-10-22(29,11-13-26)15-30-17-8-5-4-6-9-17/h4-6,8-9,29H,7,10-15H2,1-3H3,(H,23,24,27). The van der Waals surface area contributed by atoms with Gasteiger partial charge in [0.2, 0.25) is 5.91 Å². The van der Waals surface area contributed by atoms with Crippen LogP contribution in [0.5, 0.6) is 5.75 Å². The number of ether oxygens (including phenoxy) is 1. The number of carbonyl (C=O) groups excluding carboxylic acids is 2. The van der Waals surface area contributed by atoms with Crippen molar-refractivity contribution in [3.63, 3.8) is 0 Å². The van der Waals surface area contributed by atoms with Crippen LogP contribution < -0.4 is 10.1 Å². The molecule has 0 saturated carbocycles. The number of nitrogens with zero attached hydrogens (tertiary/aromatic N) is 3. The number of amides is 2. The van der Waals surface area contributed by atoms with Gasteiger partial charge in [0.1, 0.15) is 17.2 Å². The molecule has 1 aliphatic heterocycles. The lowest BCUT2D eigenvalue weighted by Gasteiger charge is -2.26. The zero-order chi connectivity index (χ0) is 22.4. The molecule has 0 bridgehead atoms. The molecule has 1 saturated heterocycles. The van der Waals surface area contributed by atoms with Gasteiger partial charge in [-0.25, -0.2) is 4.98 Å². The smallest absolute Gasteiger partial charge is 0.265 e. The molecule has 31 heavy (non-hydrogen) atoms. The van der Waals surface area contributed by atoms with Crippen molar-refractivity contribution in [3.8, 4) is 5.75 Å². The van der Waals surface area contributed by atoms with Crippen LogP contribution in [0.25, 0.3) is 0 Å². The molecule has 1 atom stereocenters. The molecule has 0 aliphatic carbocycles. The van der Waals surface area contributed by atoms with Crippen LogP contribution in [0, 0.1) is 6.92 Å². The van der Waals surface area contributed by atoms with Gasteiger partial charge < -0.3 is 20.1 Å². The van der Waals surface area contributed by atoms with Gasteiger partial charge >= 0.3 is 0 Å². The van der Waals surface area contributed by atoms with E-state index >= 15 is 0 Å². The summed E-state index contributed by atoms with van der Waals surface area (Å²) in [5.41, 5.74) is -0.299. The summed E-state index contributed by atoms with van der Waals surface area (Å²) in [7, 11) is 3.37. The molecule has 1 aliphatic rings. The third-order valence-electron chi connectivity index (χ3n) is 5.27. The van der Waals surface area contributed by atoms with Gasteiger partial charge in [-0.1, -0.05) is 29.5 Å². The maximum Gasteiger partial charge on any atom is 0.265 e. The Hall–Kier alpha value is -2.49. The van der Waals surface area contributed by atoms with Gasteiger partial charge in [-0.3, -0.25) is 14.5 Å². The summed E-state index contributed by atoms with van der Waals surface area (Å²) >= 11 is 1.19. The summed E-state index contributed by atoms with van der Waals surface area (Å²) in [5.74, 6) is 0.436. The van der Waals surface area contributed by atoms with Gasteiger partial charge in [0.25, 0.3) is 5.91 Å². The molecule has 1 fully saturated rings. The number of thiazole rings is 1. The Bertz CT molecular complexity index is 902. The van der Waals surface area contributed by atoms with Gasteiger partial charge in [-0.2, -0.15) is 0 Å². The molecule has 1 unspecified atom stereocenters. The monoisotopic (exact) mass is 446 g/mol. The average Bonchev–Trinajstić information content (AvgIpc) is 2.99. The van der Waals surface area contributed by atoms with Crippen molar-refractivity contribution < 1.29 is 19.4 Å². The molecule has 3 rings (SSSR count). The summed E-state index contributed by atoms with van der Waals surface area (Å²) in [4.78, 5) is 33.0. The Morgan fingerprint density at radius 3 is 2.71 bits per heavy atom. The third kappa shape index (κ3) is 6.49. The number of anilines is 1. The van der Waals surface area contributed by atoms with Crippen molar-refractivity contribution in [1.82, 2.24) is 14.8 Å². The molecule has 2 N–H and O–H groups in total. The Labute approximate surface area is 186 Å². The minimum Gasteiger partial charge on any atom is -0.491 e. The second kappa shape index (κ2) is 10.2. The van der Waals surface area contributed by atoms with Crippen LogP contribution in [0.3, 0.4) is 0 Å². The second-order valence-electron chi connectivity index (χ2n) is 8.14. The summed E-state index contributed by atoms with van der Waals surface area (Å²) < 4.78 is 5.76. The average molecular weight is 447 g/mol. The fourth-order valence-corrected chi connectivity index (χ4v) is 4.49. The van der Waals surface area contributed by atoms with Gasteiger partial charge in [0, 0.05) is 20.6 Å². The van der Waals surface area contributed by atoms with E-state index < -0.39 is 5.60 Å². The number of para-hydroxylation sites is 1. The number of nitrogens with one attached hydrogen (secondary N) is 1. The Balaban J connectivity index is 1.50. The fraction of sp³-hybridized carbons (Fsp3) is 0.500. The van der Waals surface area contributed by atoms with Crippen molar-refractivity contribution in [2.75, 3.05) is 45.7 Å². The molecule has 1 aromatic heterocycles. The van der Waals surface area contributed by atoms with E-state index in [4.69, 9.17) is 4.74 Å². The van der Waals surface area contributed by atoms with Gasteiger partial charge in [-0.15, -0.1) is 0 Å². The van der Waals surface area contributed by atoms with Crippen molar-refractivity contribution >= 4 is 28.3 Å². The molecule has 2 amide bonds. The lowest BCUT2D eigenvalue weighted by Crippen LogP contribution is -2.38. The number of hydrogen-bond acceptors (Lipinski definition) is 7. The first-order valence-electron chi connectivity index (χ1n) is 10.4. The molecule has 1 aromatic carbocycles. The van der Waals surface area contributed by atoms with Gasteiger partial charge in [-0.05, 0) is 44.9 Å². The van der Waals surface area contributed by atoms with E-state index in [1.165, 1.54) is 16.2 Å². The lowest BCUT2D eigenvalue weighted by atomic mass is 9.96. The van der Waals surface area contributed by atoms with E-state index in [0.29, 0.717) is 35.1 Å². The first kappa shape index (κ1) is 23.2. The molecular formula is C22H30N4O4S. The van der Waals surface area contributed by atoms with E-state index in [-0.39, 0.29) is 25.0 Å². The summed E-state index contributed by atoms with van der Waals surface area (Å²) in [6.45, 7) is 3.53. The first-order valence-corrected chi connectivity index (χ1v) is 11.2. The lowest BCUT2D eigenvalue weighted by molar-refractivity contribution is -0.117. The SMILES string of the molecule is Cc1nc(NC(=O)CN2CCCC(O)(COc3ccccc3)CC2)sc1C(=O)N(C)C. The summed E-state index contributed by atoms with van der Waals surface area (Å²) in [5, 5.41) is 14.2. The van der Waals surface area contributed by atoms with Crippen molar-refractivity contribution in [1.29, 1.82) is 0 Å². The van der Waals surface area contributed by atoms with E-state index in [1.54, 1.807) is 21.0 Å². The maximum atomic E-state index is 12.5. The number of carbonyl (C=O) groups is 2. The molecule has 9 heteroatoms. The van der Waals surface area contributed by atoms with Crippen molar-refractivity contribution in [2.24, 2.45) is 0 Å². The number of rotatable bonds is 7. The number of hydrogen-bond donors (Lipinski definition) is 2. The molecule has 0 spiro atoms. The quantitative estimate of drug-likeness (QED) is 0.678. The third-order valence-corrected chi connectivity index (χ3v) is 6.33. The highest BCUT2D eigenvalue weighted by molar-refractivity contribution is 7.17. The Morgan fingerprint density at radius 2 is 2.00 bits per heavy atom. The number of likely N-dealkylation sites (tertiary alicyclic amines) is 1. The number of aliphatic hydroxyl groups is 1. The molecule has 2 aromatic rings. The van der Waals surface area contributed by atoms with Crippen LogP contribution >= 0.6 is 11.3 Å². The molecule has 0 radical (unpaired) electrons. The molecule has 8 nitrogen and oxygen atoms in total. The minimum atomic E-state index is -0.908. The van der Waals surface area contributed by atoms with Crippen LogP contribution in [0.2, 0.25) is 0 Å². The van der Waals surface area contributed by atoms with Crippen LogP contribution in [0.15, 0.2) is 30.3 Å². The van der Waals surface area contributed by atoms with Crippen molar-refractivity contribution in [3.05, 3.63) is 40.9 Å². The largest absolute Gasteiger partial charge is 0.491 e. The highest BCUT2D eigenvalue weighted by atomic mass is 32.1. The number of benzene rings is 1. The maximum absolute atomic E-state index is 12.5. The highest BCUT2D eigenvalue weighted by Crippen LogP contribution is 2.25. The zero-order valence-corrected chi connectivity index (χ0v) is 19.1. The molecule has 2 heterocycles. The zero-order valence-electron chi connectivity index (χ0n) is 18.3. The molecule has 168 valence electrons. The predicted molar refractivity (Wildman–Crippen MR) is 121 cm³/mol. The van der Waals surface area contributed by atoms with E-state index in [1.807, 2.05) is 35.2 Å². The van der Waals surface area contributed by atoms with E-state index in [0.717, 1.165) is 18.7 Å². The van der Waals surface area contributed by atoms with E-state index in [2.05, 4.69) is 10.3 Å². The van der Waals surface area contributed by atoms with Crippen LogP contribution in [-0.2, 0) is 4.79 Å². The first-order chi connectivity index (χ1) is 14.8. The van der Waals surface area contributed by atoms with Crippen LogP contribution in [0.4, 0.5) is 5.13 Å². The minimum absolute atomic E-state index is 0.125. The Morgan fingerprint density at radius 1 is 1.26 bits per heavy atom. The summed E-state index contributed by atoms with van der Waals surface area (Å²) in [6, 6.07) is 9.46. The van der Waals surface area contributed by atoms with Gasteiger partial charge in [0.15, 0.2) is 5.13 Å². The highest BCUT2D eigenvalue weighted by Gasteiger charge is 2.31. The topological polar surface area (TPSA) is 95.0 Å². The molecular weight excluding hydrogens is 416 g/mol. The van der Waals surface area contributed by atoms with Gasteiger partial charge in [0.05, 0.1) is 17.8 Å². The fourth-order valence-electron chi connectivity index (χ4n) is 3.48. The normalized spacial score (nSPS) is 19.5. The Kier molecular flexibility index (Phi) is 7.64. The number of aryl methyl sites for hydroxylation is 1. The predicted octanol–water partition coefficient (Wildman–Crippen LogP) is 2.39. The number of aromatic nitrogens is 1. The van der Waals surface area contributed by atoms with Crippen molar-refractivity contribution in [2.45, 2.75) is 31.8 Å².